The van der Waals surface area contributed by atoms with Crippen LogP contribution in [0.4, 0.5) is 45.2 Å². The second-order valence-corrected chi connectivity index (χ2v) is 28.6. The SMILES string of the molecule is CC(=O)O[C@@]12CO[C@@H]1C[C@H](O)[C@@]1(C)C(=O)[C@H](O)C3=C(C)[C@@H](OC(=O)[C@H](O)[C@@H](NC(=O)CCCCCCCNC(=O)c4ccc(C(=O)[O-])c(-c5c6cc(F)c(=[N+]7CC(F)(F)C7)cc-6oc6cc(N7CC(F)(F)C7)c(F)cc56)c4)c4ccccc4)C[C@@](O)([C@@H](OC(=O)c4ccccc4)[C@H]21)C3(C)C.O=C(O)C(F)(F)F. The number of esters is 3. The molecule has 3 saturated heterocycles. The molecule has 0 radical (unpaired) electrons. The Morgan fingerprint density at radius 3 is 2.04 bits per heavy atom. The highest BCUT2D eigenvalue weighted by Gasteiger charge is 2.78. The number of rotatable bonds is 20. The molecule has 4 aromatic carbocycles. The number of carbonyl (C=O) groups is 8. The molecule has 107 heavy (non-hydrogen) atoms. The molecule has 4 heterocycles. The van der Waals surface area contributed by atoms with E-state index < -0.39 is 186 Å². The standard InChI is InChI=1S/C73H74F6N4O17.C2HF3O2/c1-37-52(31-73(95)63(99-66(93)40-19-13-10-14-20-40)61-69(5,62(89)59(87)57(37)68(73,3)4)53(85)30-54-72(61,36-96-54)100-38(2)84)98-67(94)60(88)58(39-17-11-9-12-18-39)81-55(86)21-15-7-6-8-16-24-80-64(90)41-22-23-42(65(91)92)43(25-41)56-44-26-46(74)48(82-32-70(76,77)33-82)28-50(44)97-51-29-49(47(75)27-45(51)56)83-34-71(78,79)35-83;3-2(4,5)1(6)7/h9-14,17-20,22-23,25-29,52-54,58-61,63,85,87-88,95H,6-8,15-16,21,24,30-36H2,1-5H3,(H2-,80,81,86,90,91,92);(H,6,7)/t52-,53-,54+,58-,59+,60+,61-,63-,69+,72-,73+;/m0./s1. The molecule has 5 fully saturated rings. The Balaban J connectivity index is 0.00000155. The number of aliphatic hydroxyl groups excluding tert-OH is 3. The zero-order valence-electron chi connectivity index (χ0n) is 58.1. The second-order valence-electron chi connectivity index (χ2n) is 28.6. The molecule has 4 aliphatic heterocycles. The number of ether oxygens (including phenoxy) is 4. The topological polar surface area (TPSA) is 341 Å². The van der Waals surface area contributed by atoms with Crippen LogP contribution < -0.4 is 30.6 Å². The highest BCUT2D eigenvalue weighted by atomic mass is 19.4. The van der Waals surface area contributed by atoms with Gasteiger partial charge in [-0.05, 0) is 85.4 Å². The third kappa shape index (κ3) is 14.9. The fourth-order valence-corrected chi connectivity index (χ4v) is 15.7. The first kappa shape index (κ1) is 78.3. The number of Topliss-reactive ketones (excluding diaryl/α,β-unsaturated/α-hetero) is 1. The number of carboxylic acids is 2. The summed E-state index contributed by atoms with van der Waals surface area (Å²) in [6, 6.07) is 21.8. The predicted octanol–water partition coefficient (Wildman–Crippen LogP) is 7.29. The normalized spacial score (nSPS) is 25.8. The van der Waals surface area contributed by atoms with Crippen LogP contribution in [0.25, 0.3) is 33.4 Å². The molecule has 2 amide bonds. The van der Waals surface area contributed by atoms with Crippen LogP contribution in [0, 0.1) is 28.4 Å². The Bertz CT molecular complexity index is 4590. The summed E-state index contributed by atoms with van der Waals surface area (Å²) in [5.41, 5.74) is -9.32. The van der Waals surface area contributed by atoms with Crippen molar-refractivity contribution in [3.8, 4) is 22.5 Å². The van der Waals surface area contributed by atoms with Crippen LogP contribution in [0.15, 0.2) is 119 Å². The summed E-state index contributed by atoms with van der Waals surface area (Å²) in [4.78, 5) is 107. The van der Waals surface area contributed by atoms with Crippen molar-refractivity contribution in [1.82, 2.24) is 15.2 Å². The van der Waals surface area contributed by atoms with E-state index in [2.05, 4.69) is 10.6 Å². The smallest absolute Gasteiger partial charge is 0.490 e. The number of fused-ring (bicyclic) bond motifs is 7. The van der Waals surface area contributed by atoms with Crippen LogP contribution in [0.2, 0.25) is 0 Å². The molecule has 8 aliphatic rings. The van der Waals surface area contributed by atoms with Gasteiger partial charge in [0.2, 0.25) is 24.4 Å². The molecule has 0 unspecified atom stereocenters. The number of ketones is 1. The van der Waals surface area contributed by atoms with Crippen molar-refractivity contribution in [2.24, 2.45) is 16.7 Å². The lowest BCUT2D eigenvalue weighted by Gasteiger charge is -2.67. The van der Waals surface area contributed by atoms with Crippen molar-refractivity contribution in [2.75, 3.05) is 44.2 Å². The zero-order chi connectivity index (χ0) is 78.0. The average Bonchev–Trinajstić information content (AvgIpc) is 0.668. The number of alkyl halides is 7. The molecule has 7 N–H and O–H groups in total. The number of anilines is 1. The summed E-state index contributed by atoms with van der Waals surface area (Å²) < 4.78 is 151. The van der Waals surface area contributed by atoms with Gasteiger partial charge < -0.3 is 74.3 Å². The van der Waals surface area contributed by atoms with Crippen LogP contribution in [-0.4, -0.2) is 178 Å². The van der Waals surface area contributed by atoms with Crippen molar-refractivity contribution in [2.45, 2.75) is 158 Å². The molecule has 2 bridgehead atoms. The fraction of sp³-hybridized carbons (Fsp3) is 0.453. The predicted molar refractivity (Wildman–Crippen MR) is 356 cm³/mol. The van der Waals surface area contributed by atoms with Gasteiger partial charge in [-0.3, -0.25) is 19.2 Å². The van der Waals surface area contributed by atoms with Crippen LogP contribution in [-0.2, 0) is 42.9 Å². The molecule has 32 heteroatoms. The molecular weight excluding hydrogens is 1430 g/mol. The molecule has 11 atom stereocenters. The highest BCUT2D eigenvalue weighted by Crippen LogP contribution is 2.64. The monoisotopic (exact) mass is 1510 g/mol. The minimum Gasteiger partial charge on any atom is -0.545 e. The lowest BCUT2D eigenvalue weighted by molar-refractivity contribution is -0.346. The lowest BCUT2D eigenvalue weighted by Crippen LogP contribution is -2.81. The van der Waals surface area contributed by atoms with Crippen molar-refractivity contribution in [3.63, 3.8) is 0 Å². The Hall–Kier alpha value is -9.76. The molecule has 0 aromatic heterocycles. The third-order valence-corrected chi connectivity index (χ3v) is 21.3. The summed E-state index contributed by atoms with van der Waals surface area (Å²) in [6.45, 7) is 3.47. The number of halogens is 9. The number of amides is 2. The molecular formula is C75H75F9N4O19. The minimum absolute atomic E-state index is 0.0295. The van der Waals surface area contributed by atoms with Crippen molar-refractivity contribution < 1.29 is 132 Å². The maximum atomic E-state index is 16.0. The number of hydrogen-bond donors (Lipinski definition) is 7. The second kappa shape index (κ2) is 29.4. The summed E-state index contributed by atoms with van der Waals surface area (Å²) in [7, 11) is 0. The van der Waals surface area contributed by atoms with E-state index in [0.29, 0.717) is 37.7 Å². The van der Waals surface area contributed by atoms with Crippen molar-refractivity contribution in [3.05, 3.63) is 154 Å². The first-order chi connectivity index (χ1) is 50.1. The Morgan fingerprint density at radius 1 is 0.804 bits per heavy atom. The summed E-state index contributed by atoms with van der Waals surface area (Å²) in [5.74, 6) is -19.8. The van der Waals surface area contributed by atoms with Gasteiger partial charge in [-0.1, -0.05) is 87.7 Å². The van der Waals surface area contributed by atoms with E-state index >= 15 is 13.6 Å². The number of benzene rings is 5. The molecule has 12 rings (SSSR count). The van der Waals surface area contributed by atoms with Crippen LogP contribution in [0.5, 0.6) is 0 Å². The van der Waals surface area contributed by atoms with Gasteiger partial charge in [0.05, 0.1) is 66.5 Å². The number of aromatic carboxylic acids is 1. The number of carboxylic acid groups (broad SMARTS) is 2. The van der Waals surface area contributed by atoms with E-state index in [0.717, 1.165) is 46.7 Å². The first-order valence-corrected chi connectivity index (χ1v) is 34.2. The van der Waals surface area contributed by atoms with Gasteiger partial charge in [0.1, 0.15) is 47.2 Å². The molecule has 572 valence electrons. The van der Waals surface area contributed by atoms with Crippen LogP contribution in [0.1, 0.15) is 129 Å². The molecule has 4 aromatic rings. The molecule has 23 nitrogen and oxygen atoms in total. The summed E-state index contributed by atoms with van der Waals surface area (Å²) >= 11 is 0. The van der Waals surface area contributed by atoms with Gasteiger partial charge in [-0.25, -0.2) is 32.1 Å². The molecule has 2 saturated carbocycles. The van der Waals surface area contributed by atoms with E-state index in [1.54, 1.807) is 48.5 Å². The average molecular weight is 1510 g/mol. The van der Waals surface area contributed by atoms with E-state index in [1.807, 2.05) is 0 Å². The Morgan fingerprint density at radius 2 is 1.44 bits per heavy atom. The maximum absolute atomic E-state index is 16.0. The lowest BCUT2D eigenvalue weighted by atomic mass is 9.44. The quantitative estimate of drug-likeness (QED) is 0.00750. The maximum Gasteiger partial charge on any atom is 0.490 e. The Kier molecular flexibility index (Phi) is 21.5. The van der Waals surface area contributed by atoms with Gasteiger partial charge in [0.15, 0.2) is 23.3 Å². The van der Waals surface area contributed by atoms with E-state index in [-0.39, 0.29) is 92.7 Å². The van der Waals surface area contributed by atoms with Crippen LogP contribution in [0.3, 0.4) is 0 Å². The fourth-order valence-electron chi connectivity index (χ4n) is 15.7. The van der Waals surface area contributed by atoms with E-state index in [9.17, 15) is 85.0 Å². The number of unbranched alkanes of at least 4 members (excludes halogenated alkanes) is 4. The van der Waals surface area contributed by atoms with Crippen LogP contribution >= 0.6 is 0 Å². The number of aliphatic hydroxyl groups is 4. The van der Waals surface area contributed by atoms with Gasteiger partial charge in [0, 0.05) is 71.9 Å². The number of aliphatic carboxylic acids is 1. The van der Waals surface area contributed by atoms with Crippen molar-refractivity contribution in [1.29, 1.82) is 0 Å². The zero-order valence-corrected chi connectivity index (χ0v) is 58.1. The Labute approximate surface area is 603 Å². The van der Waals surface area contributed by atoms with E-state index in [4.69, 9.17) is 33.3 Å². The van der Waals surface area contributed by atoms with Gasteiger partial charge in [-0.15, -0.1) is 0 Å². The summed E-state index contributed by atoms with van der Waals surface area (Å²) in [5, 5.41) is 75.1. The first-order valence-electron chi connectivity index (χ1n) is 34.2. The van der Waals surface area contributed by atoms with Gasteiger partial charge in [-0.2, -0.15) is 26.3 Å². The van der Waals surface area contributed by atoms with E-state index in [1.165, 1.54) is 52.0 Å². The van der Waals surface area contributed by atoms with Crippen molar-refractivity contribution >= 4 is 64.1 Å². The number of nitrogens with one attached hydrogen (secondary N) is 2. The number of nitrogens with zero attached hydrogens (tertiary/aromatic N) is 2. The molecule has 0 spiro atoms. The third-order valence-electron chi connectivity index (χ3n) is 21.3. The minimum atomic E-state index is -5.08. The van der Waals surface area contributed by atoms with Gasteiger partial charge in [0.25, 0.3) is 11.8 Å². The number of carbonyl (C=O) groups excluding carboxylic acids is 7. The number of hydrogen-bond acceptors (Lipinski definition) is 19. The summed E-state index contributed by atoms with van der Waals surface area (Å²) in [6.07, 6.45) is -14.0. The van der Waals surface area contributed by atoms with Gasteiger partial charge >= 0.3 is 36.0 Å². The largest absolute Gasteiger partial charge is 0.545 e. The highest BCUT2D eigenvalue weighted by molar-refractivity contribution is 6.09. The molecule has 4 aliphatic carbocycles.